The second-order valence-corrected chi connectivity index (χ2v) is 6.54. The zero-order valence-corrected chi connectivity index (χ0v) is 18.9. The Hall–Kier alpha value is -3.28. The van der Waals surface area contributed by atoms with E-state index in [0.29, 0.717) is 0 Å². The highest BCUT2D eigenvalue weighted by molar-refractivity contribution is 6.00. The quantitative estimate of drug-likeness (QED) is 0.230. The number of benzene rings is 2. The predicted molar refractivity (Wildman–Crippen MR) is 118 cm³/mol. The van der Waals surface area contributed by atoms with Gasteiger partial charge in [0, 0.05) is 42.5 Å². The largest absolute Gasteiger partial charge is 0.497 e. The number of carbonyl (C=O) groups is 2. The maximum atomic E-state index is 14.6. The Kier molecular flexibility index (Phi) is 10.2. The van der Waals surface area contributed by atoms with Crippen LogP contribution in [-0.2, 0) is 14.3 Å². The fraction of sp³-hybridized carbons (Fsp3) is 0.286. The summed E-state index contributed by atoms with van der Waals surface area (Å²) in [5.41, 5.74) is 10.6. The van der Waals surface area contributed by atoms with E-state index in [1.165, 1.54) is 32.4 Å². The van der Waals surface area contributed by atoms with Crippen LogP contribution < -0.4 is 21.5 Å². The number of nitrogens with two attached hydrogens (primary N) is 2. The Morgan fingerprint density at radius 1 is 1.12 bits per heavy atom. The molecule has 0 saturated carbocycles. The summed E-state index contributed by atoms with van der Waals surface area (Å²) in [7, 11) is 2.50. The molecule has 2 rings (SSSR count). The first-order valence-corrected chi connectivity index (χ1v) is 9.40. The predicted octanol–water partition coefficient (Wildman–Crippen LogP) is 2.32. The highest BCUT2D eigenvalue weighted by atomic mass is 35.5. The van der Waals surface area contributed by atoms with Crippen LogP contribution in [0.5, 0.6) is 5.75 Å². The maximum absolute atomic E-state index is 14.6. The van der Waals surface area contributed by atoms with E-state index in [9.17, 15) is 18.4 Å². The average molecular weight is 487 g/mol. The number of nitrogen functional groups attached to an aromatic ring is 1. The van der Waals surface area contributed by atoms with Crippen LogP contribution in [0.15, 0.2) is 30.3 Å². The summed E-state index contributed by atoms with van der Waals surface area (Å²) < 4.78 is 44.5. The molecule has 0 aromatic heterocycles. The van der Waals surface area contributed by atoms with Crippen LogP contribution in [0.4, 0.5) is 8.78 Å². The number of hydrogen-bond acceptors (Lipinski definition) is 6. The molecule has 9 nitrogen and oxygen atoms in total. The minimum Gasteiger partial charge on any atom is -0.497 e. The van der Waals surface area contributed by atoms with E-state index in [0.717, 1.165) is 12.1 Å². The molecule has 0 aliphatic heterocycles. The van der Waals surface area contributed by atoms with Gasteiger partial charge in [0.15, 0.2) is 12.3 Å². The third-order valence-corrected chi connectivity index (χ3v) is 4.54. The van der Waals surface area contributed by atoms with E-state index in [-0.39, 0.29) is 47.3 Å². The highest BCUT2D eigenvalue weighted by Gasteiger charge is 2.31. The van der Waals surface area contributed by atoms with Crippen LogP contribution >= 0.6 is 12.4 Å². The molecule has 0 heterocycles. The number of primary amides is 1. The first-order chi connectivity index (χ1) is 15.1. The maximum Gasteiger partial charge on any atom is 0.256 e. The number of ether oxygens (including phenoxy) is 3. The minimum absolute atomic E-state index is 0. The Morgan fingerprint density at radius 2 is 1.73 bits per heavy atom. The Morgan fingerprint density at radius 3 is 2.18 bits per heavy atom. The second-order valence-electron chi connectivity index (χ2n) is 6.54. The number of methoxy groups -OCH3 is 2. The lowest BCUT2D eigenvalue weighted by molar-refractivity contribution is -0.137. The van der Waals surface area contributed by atoms with Crippen LogP contribution in [0.2, 0.25) is 0 Å². The van der Waals surface area contributed by atoms with Gasteiger partial charge in [0.05, 0.1) is 12.7 Å². The molecule has 0 saturated heterocycles. The summed E-state index contributed by atoms with van der Waals surface area (Å²) in [6.07, 6.45) is -2.88. The van der Waals surface area contributed by atoms with Gasteiger partial charge in [0.2, 0.25) is 5.91 Å². The number of rotatable bonds is 10. The van der Waals surface area contributed by atoms with Gasteiger partial charge in [-0.25, -0.2) is 8.78 Å². The average Bonchev–Trinajstić information content (AvgIpc) is 2.75. The molecule has 0 aliphatic rings. The van der Waals surface area contributed by atoms with E-state index in [1.807, 2.05) is 0 Å². The highest BCUT2D eigenvalue weighted by Crippen LogP contribution is 2.29. The molecule has 6 N–H and O–H groups in total. The van der Waals surface area contributed by atoms with Gasteiger partial charge in [-0.1, -0.05) is 12.1 Å². The van der Waals surface area contributed by atoms with Crippen molar-refractivity contribution in [2.75, 3.05) is 20.8 Å². The number of halogens is 3. The van der Waals surface area contributed by atoms with Crippen molar-refractivity contribution in [3.63, 3.8) is 0 Å². The fourth-order valence-corrected chi connectivity index (χ4v) is 3.02. The summed E-state index contributed by atoms with van der Waals surface area (Å²) in [5.74, 6) is -4.20. The van der Waals surface area contributed by atoms with Gasteiger partial charge in [-0.15, -0.1) is 12.4 Å². The Labute approximate surface area is 195 Å². The number of amides is 2. The smallest absolute Gasteiger partial charge is 0.256 e. The lowest BCUT2D eigenvalue weighted by Gasteiger charge is -2.24. The number of nitrogens with one attached hydrogen (secondary N) is 2. The van der Waals surface area contributed by atoms with Gasteiger partial charge in [-0.2, -0.15) is 0 Å². The summed E-state index contributed by atoms with van der Waals surface area (Å²) in [6, 6.07) is 5.97. The molecular formula is C21H25ClF2N4O5. The number of hydrogen-bond donors (Lipinski definition) is 4. The first-order valence-electron chi connectivity index (χ1n) is 9.40. The van der Waals surface area contributed by atoms with Gasteiger partial charge >= 0.3 is 0 Å². The molecule has 0 bridgehead atoms. The third kappa shape index (κ3) is 6.37. The van der Waals surface area contributed by atoms with Gasteiger partial charge < -0.3 is 31.0 Å². The second kappa shape index (κ2) is 12.1. The molecule has 2 atom stereocenters. The van der Waals surface area contributed by atoms with Gasteiger partial charge in [0.1, 0.15) is 23.2 Å². The molecule has 180 valence electrons. The molecule has 0 unspecified atom stereocenters. The summed E-state index contributed by atoms with van der Waals surface area (Å²) >= 11 is 0. The summed E-state index contributed by atoms with van der Waals surface area (Å²) in [4.78, 5) is 24.9. The van der Waals surface area contributed by atoms with Gasteiger partial charge in [-0.3, -0.25) is 15.0 Å². The monoisotopic (exact) mass is 486 g/mol. The van der Waals surface area contributed by atoms with Crippen molar-refractivity contribution in [2.24, 2.45) is 11.5 Å². The standard InChI is InChI=1S/C21H24F2N4O5.ClH/c1-4-32-17(16-14(22)8-11(30-2)9-15(16)23)20(29)27-21(31-3)12-6-5-10(18(24)25)7-13(12)19(26)28;/h5-9,17,21H,4H2,1-3H3,(H3,24,25)(H2,26,28)(H,27,29);1H/t17-,21+;/m0./s1. The molecule has 0 radical (unpaired) electrons. The van der Waals surface area contributed by atoms with E-state index in [2.05, 4.69) is 5.32 Å². The van der Waals surface area contributed by atoms with Crippen molar-refractivity contribution in [3.05, 3.63) is 64.2 Å². The zero-order chi connectivity index (χ0) is 24.0. The summed E-state index contributed by atoms with van der Waals surface area (Å²) in [5, 5.41) is 9.95. The normalized spacial score (nSPS) is 12.3. The van der Waals surface area contributed by atoms with Crippen LogP contribution in [0, 0.1) is 17.0 Å². The van der Waals surface area contributed by atoms with E-state index < -0.39 is 41.3 Å². The third-order valence-electron chi connectivity index (χ3n) is 4.54. The fourth-order valence-electron chi connectivity index (χ4n) is 3.02. The molecule has 0 fully saturated rings. The topological polar surface area (TPSA) is 150 Å². The lowest BCUT2D eigenvalue weighted by Crippen LogP contribution is -2.36. The number of carbonyl (C=O) groups excluding carboxylic acids is 2. The van der Waals surface area contributed by atoms with Crippen LogP contribution in [0.25, 0.3) is 0 Å². The Balaban J connectivity index is 0.00000544. The van der Waals surface area contributed by atoms with Gasteiger partial charge in [0.25, 0.3) is 5.91 Å². The van der Waals surface area contributed by atoms with Crippen LogP contribution in [-0.4, -0.2) is 38.5 Å². The molecular weight excluding hydrogens is 462 g/mol. The van der Waals surface area contributed by atoms with Crippen molar-refractivity contribution >= 4 is 30.1 Å². The molecule has 2 aromatic rings. The summed E-state index contributed by atoms with van der Waals surface area (Å²) in [6.45, 7) is 1.53. The molecule has 0 aliphatic carbocycles. The molecule has 0 spiro atoms. The Bertz CT molecular complexity index is 1010. The molecule has 33 heavy (non-hydrogen) atoms. The molecule has 12 heteroatoms. The SMILES string of the molecule is CCO[C@H](C(=O)N[C@H](OC)c1ccc(C(=N)N)cc1C(N)=O)c1c(F)cc(OC)cc1F.Cl. The zero-order valence-electron chi connectivity index (χ0n) is 18.1. The van der Waals surface area contributed by atoms with Crippen LogP contribution in [0.1, 0.15) is 46.3 Å². The van der Waals surface area contributed by atoms with Crippen LogP contribution in [0.3, 0.4) is 0 Å². The van der Waals surface area contributed by atoms with E-state index in [4.69, 9.17) is 31.1 Å². The van der Waals surface area contributed by atoms with Crippen molar-refractivity contribution in [2.45, 2.75) is 19.3 Å². The lowest BCUT2D eigenvalue weighted by atomic mass is 10.0. The molecule has 2 aromatic carbocycles. The number of amidine groups is 1. The van der Waals surface area contributed by atoms with E-state index in [1.54, 1.807) is 6.92 Å². The molecule has 2 amide bonds. The van der Waals surface area contributed by atoms with Gasteiger partial charge in [-0.05, 0) is 13.0 Å². The van der Waals surface area contributed by atoms with E-state index >= 15 is 0 Å². The minimum atomic E-state index is -1.66. The van der Waals surface area contributed by atoms with Crippen molar-refractivity contribution < 1.29 is 32.6 Å². The van der Waals surface area contributed by atoms with Crippen molar-refractivity contribution in [1.82, 2.24) is 5.32 Å². The van der Waals surface area contributed by atoms with Crippen molar-refractivity contribution in [3.8, 4) is 5.75 Å². The first kappa shape index (κ1) is 27.8. The van der Waals surface area contributed by atoms with Crippen molar-refractivity contribution in [1.29, 1.82) is 5.41 Å².